The van der Waals surface area contributed by atoms with Gasteiger partial charge in [-0.15, -0.1) is 0 Å². The molecular weight excluding hydrogens is 190 g/mol. The van der Waals surface area contributed by atoms with E-state index < -0.39 is 11.4 Å². The first-order valence-electron chi connectivity index (χ1n) is 5.85. The van der Waals surface area contributed by atoms with Gasteiger partial charge in [-0.25, -0.2) is 0 Å². The van der Waals surface area contributed by atoms with E-state index in [0.717, 1.165) is 25.8 Å². The SMILES string of the molecule is CN(C)CCC(C)(C(=O)O)C1CCCC1. The van der Waals surface area contributed by atoms with Crippen molar-refractivity contribution in [2.45, 2.75) is 39.0 Å². The normalized spacial score (nSPS) is 21.9. The van der Waals surface area contributed by atoms with E-state index in [2.05, 4.69) is 4.90 Å². The van der Waals surface area contributed by atoms with E-state index in [4.69, 9.17) is 0 Å². The quantitative estimate of drug-likeness (QED) is 0.761. The van der Waals surface area contributed by atoms with Crippen LogP contribution in [0.4, 0.5) is 0 Å². The molecule has 1 rings (SSSR count). The molecule has 0 heterocycles. The summed E-state index contributed by atoms with van der Waals surface area (Å²) in [6.45, 7) is 2.79. The molecule has 15 heavy (non-hydrogen) atoms. The van der Waals surface area contributed by atoms with Crippen molar-refractivity contribution < 1.29 is 9.90 Å². The predicted octanol–water partition coefficient (Wildman–Crippen LogP) is 2.22. The molecule has 0 aromatic heterocycles. The van der Waals surface area contributed by atoms with Crippen molar-refractivity contribution in [1.82, 2.24) is 4.90 Å². The molecule has 0 spiro atoms. The van der Waals surface area contributed by atoms with Crippen molar-refractivity contribution in [3.05, 3.63) is 0 Å². The van der Waals surface area contributed by atoms with Gasteiger partial charge in [0.25, 0.3) is 0 Å². The van der Waals surface area contributed by atoms with Crippen LogP contribution in [0.25, 0.3) is 0 Å². The number of nitrogens with zero attached hydrogens (tertiary/aromatic N) is 1. The fourth-order valence-electron chi connectivity index (χ4n) is 2.50. The molecule has 1 unspecified atom stereocenters. The summed E-state index contributed by atoms with van der Waals surface area (Å²) in [7, 11) is 3.99. The van der Waals surface area contributed by atoms with Crippen molar-refractivity contribution in [2.75, 3.05) is 20.6 Å². The van der Waals surface area contributed by atoms with Gasteiger partial charge in [-0.1, -0.05) is 12.8 Å². The Morgan fingerprint density at radius 3 is 2.33 bits per heavy atom. The fraction of sp³-hybridized carbons (Fsp3) is 0.917. The van der Waals surface area contributed by atoms with Gasteiger partial charge in [0.2, 0.25) is 0 Å². The third-order valence-electron chi connectivity index (χ3n) is 3.82. The minimum Gasteiger partial charge on any atom is -0.481 e. The molecule has 1 saturated carbocycles. The summed E-state index contributed by atoms with van der Waals surface area (Å²) in [4.78, 5) is 13.5. The smallest absolute Gasteiger partial charge is 0.309 e. The minimum absolute atomic E-state index is 0.384. The van der Waals surface area contributed by atoms with Gasteiger partial charge in [0.05, 0.1) is 5.41 Å². The molecule has 0 aliphatic heterocycles. The van der Waals surface area contributed by atoms with Crippen molar-refractivity contribution in [3.8, 4) is 0 Å². The molecular formula is C12H23NO2. The van der Waals surface area contributed by atoms with Gasteiger partial charge in [-0.2, -0.15) is 0 Å². The Bertz CT molecular complexity index is 222. The first-order valence-corrected chi connectivity index (χ1v) is 5.85. The second kappa shape index (κ2) is 4.97. The number of rotatable bonds is 5. The predicted molar refractivity (Wildman–Crippen MR) is 60.9 cm³/mol. The van der Waals surface area contributed by atoms with Crippen molar-refractivity contribution in [2.24, 2.45) is 11.3 Å². The van der Waals surface area contributed by atoms with E-state index in [1.807, 2.05) is 21.0 Å². The molecule has 0 aromatic rings. The van der Waals surface area contributed by atoms with Gasteiger partial charge in [0.15, 0.2) is 0 Å². The number of carboxylic acid groups (broad SMARTS) is 1. The highest BCUT2D eigenvalue weighted by Crippen LogP contribution is 2.42. The van der Waals surface area contributed by atoms with E-state index in [1.165, 1.54) is 12.8 Å². The molecule has 0 radical (unpaired) electrons. The van der Waals surface area contributed by atoms with Crippen LogP contribution in [0.5, 0.6) is 0 Å². The largest absolute Gasteiger partial charge is 0.481 e. The van der Waals surface area contributed by atoms with Crippen molar-refractivity contribution in [1.29, 1.82) is 0 Å². The highest BCUT2D eigenvalue weighted by atomic mass is 16.4. The third-order valence-corrected chi connectivity index (χ3v) is 3.82. The van der Waals surface area contributed by atoms with Gasteiger partial charge in [0.1, 0.15) is 0 Å². The summed E-state index contributed by atoms with van der Waals surface area (Å²) in [5.41, 5.74) is -0.513. The molecule has 1 aliphatic carbocycles. The van der Waals surface area contributed by atoms with Crippen LogP contribution in [0.2, 0.25) is 0 Å². The van der Waals surface area contributed by atoms with E-state index in [9.17, 15) is 9.90 Å². The lowest BCUT2D eigenvalue weighted by atomic mass is 9.73. The molecule has 1 atom stereocenters. The Balaban J connectivity index is 2.64. The van der Waals surface area contributed by atoms with Gasteiger partial charge in [-0.05, 0) is 52.7 Å². The van der Waals surface area contributed by atoms with Crippen LogP contribution >= 0.6 is 0 Å². The van der Waals surface area contributed by atoms with Gasteiger partial charge >= 0.3 is 5.97 Å². The van der Waals surface area contributed by atoms with Gasteiger partial charge in [0, 0.05) is 0 Å². The van der Waals surface area contributed by atoms with Crippen LogP contribution in [0.3, 0.4) is 0 Å². The van der Waals surface area contributed by atoms with Crippen molar-refractivity contribution in [3.63, 3.8) is 0 Å². The van der Waals surface area contributed by atoms with Crippen LogP contribution in [-0.4, -0.2) is 36.6 Å². The summed E-state index contributed by atoms with van der Waals surface area (Å²) < 4.78 is 0. The Kier molecular flexibility index (Phi) is 4.14. The molecule has 0 amide bonds. The average molecular weight is 213 g/mol. The Morgan fingerprint density at radius 2 is 1.93 bits per heavy atom. The standard InChI is InChI=1S/C12H23NO2/c1-12(11(14)15,8-9-13(2)3)10-6-4-5-7-10/h10H,4-9H2,1-3H3,(H,14,15). The van der Waals surface area contributed by atoms with E-state index in [1.54, 1.807) is 0 Å². The van der Waals surface area contributed by atoms with E-state index in [0.29, 0.717) is 5.92 Å². The molecule has 1 N–H and O–H groups in total. The minimum atomic E-state index is -0.615. The summed E-state index contributed by atoms with van der Waals surface area (Å²) in [5.74, 6) is -0.230. The first kappa shape index (κ1) is 12.5. The zero-order chi connectivity index (χ0) is 11.5. The molecule has 0 bridgehead atoms. The lowest BCUT2D eigenvalue weighted by Gasteiger charge is -2.32. The number of carboxylic acids is 1. The topological polar surface area (TPSA) is 40.5 Å². The molecule has 1 aliphatic rings. The molecule has 1 fully saturated rings. The highest BCUT2D eigenvalue weighted by molar-refractivity contribution is 5.74. The fourth-order valence-corrected chi connectivity index (χ4v) is 2.50. The second-order valence-corrected chi connectivity index (χ2v) is 5.26. The monoisotopic (exact) mass is 213 g/mol. The lowest BCUT2D eigenvalue weighted by Crippen LogP contribution is -2.37. The second-order valence-electron chi connectivity index (χ2n) is 5.26. The zero-order valence-corrected chi connectivity index (χ0v) is 10.1. The van der Waals surface area contributed by atoms with Crippen LogP contribution in [0, 0.1) is 11.3 Å². The van der Waals surface area contributed by atoms with E-state index >= 15 is 0 Å². The van der Waals surface area contributed by atoms with Gasteiger partial charge < -0.3 is 10.0 Å². The lowest BCUT2D eigenvalue weighted by molar-refractivity contribution is -0.152. The van der Waals surface area contributed by atoms with Crippen LogP contribution < -0.4 is 0 Å². The van der Waals surface area contributed by atoms with Crippen LogP contribution in [0.1, 0.15) is 39.0 Å². The summed E-state index contributed by atoms with van der Waals surface area (Å²) >= 11 is 0. The van der Waals surface area contributed by atoms with E-state index in [-0.39, 0.29) is 0 Å². The Morgan fingerprint density at radius 1 is 1.40 bits per heavy atom. The molecule has 0 saturated heterocycles. The number of carbonyl (C=O) groups is 1. The summed E-state index contributed by atoms with van der Waals surface area (Å²) in [6.07, 6.45) is 5.36. The summed E-state index contributed by atoms with van der Waals surface area (Å²) in [6, 6.07) is 0. The van der Waals surface area contributed by atoms with Crippen LogP contribution in [-0.2, 0) is 4.79 Å². The van der Waals surface area contributed by atoms with Crippen molar-refractivity contribution >= 4 is 5.97 Å². The highest BCUT2D eigenvalue weighted by Gasteiger charge is 2.41. The number of aliphatic carboxylic acids is 1. The molecule has 0 aromatic carbocycles. The van der Waals surface area contributed by atoms with Crippen LogP contribution in [0.15, 0.2) is 0 Å². The maximum Gasteiger partial charge on any atom is 0.309 e. The molecule has 88 valence electrons. The number of hydrogen-bond acceptors (Lipinski definition) is 2. The first-order chi connectivity index (χ1) is 6.97. The Hall–Kier alpha value is -0.570. The average Bonchev–Trinajstić information content (AvgIpc) is 2.66. The summed E-state index contributed by atoms with van der Waals surface area (Å²) in [5, 5.41) is 9.39. The number of hydrogen-bond donors (Lipinski definition) is 1. The molecule has 3 heteroatoms. The maximum atomic E-state index is 11.4. The molecule has 3 nitrogen and oxygen atoms in total. The zero-order valence-electron chi connectivity index (χ0n) is 10.1. The Labute approximate surface area is 92.5 Å². The maximum absolute atomic E-state index is 11.4. The van der Waals surface area contributed by atoms with Gasteiger partial charge in [-0.3, -0.25) is 4.79 Å². The third kappa shape index (κ3) is 2.94.